The van der Waals surface area contributed by atoms with Crippen LogP contribution in [0.4, 0.5) is 0 Å². The van der Waals surface area contributed by atoms with E-state index >= 15 is 0 Å². The number of hydrogen-bond acceptors (Lipinski definition) is 2. The van der Waals surface area contributed by atoms with Gasteiger partial charge in [0.05, 0.1) is 6.61 Å². The second-order valence-corrected chi connectivity index (χ2v) is 5.11. The van der Waals surface area contributed by atoms with E-state index in [-0.39, 0.29) is 6.04 Å². The molecule has 0 aliphatic rings. The normalized spacial score (nSPS) is 12.2. The van der Waals surface area contributed by atoms with Crippen LogP contribution in [-0.4, -0.2) is 6.61 Å². The molecule has 0 heterocycles. The van der Waals surface area contributed by atoms with Crippen molar-refractivity contribution in [3.05, 3.63) is 64.7 Å². The second-order valence-electron chi connectivity index (χ2n) is 4.70. The van der Waals surface area contributed by atoms with Crippen molar-refractivity contribution in [3.63, 3.8) is 0 Å². The first-order valence-electron chi connectivity index (χ1n) is 6.90. The quantitative estimate of drug-likeness (QED) is 0.840. The van der Waals surface area contributed by atoms with Crippen molar-refractivity contribution < 1.29 is 4.74 Å². The molecule has 0 spiro atoms. The molecule has 20 heavy (non-hydrogen) atoms. The predicted molar refractivity (Wildman–Crippen MR) is 84.3 cm³/mol. The van der Waals surface area contributed by atoms with Gasteiger partial charge in [0, 0.05) is 17.6 Å². The minimum absolute atomic E-state index is 0.208. The molecule has 0 radical (unpaired) electrons. The summed E-state index contributed by atoms with van der Waals surface area (Å²) in [6, 6.07) is 16.3. The van der Waals surface area contributed by atoms with E-state index in [9.17, 15) is 0 Å². The monoisotopic (exact) mass is 289 g/mol. The van der Waals surface area contributed by atoms with Gasteiger partial charge in [-0.05, 0) is 43.2 Å². The highest BCUT2D eigenvalue weighted by Crippen LogP contribution is 2.22. The summed E-state index contributed by atoms with van der Waals surface area (Å²) in [7, 11) is 0. The average Bonchev–Trinajstić information content (AvgIpc) is 2.46. The Labute approximate surface area is 125 Å². The Kier molecular flexibility index (Phi) is 5.45. The highest BCUT2D eigenvalue weighted by atomic mass is 35.5. The summed E-state index contributed by atoms with van der Waals surface area (Å²) in [6.07, 6.45) is 0. The van der Waals surface area contributed by atoms with E-state index in [1.807, 2.05) is 37.3 Å². The number of nitrogens with one attached hydrogen (secondary N) is 1. The molecule has 2 nitrogen and oxygen atoms in total. The Hall–Kier alpha value is -1.51. The van der Waals surface area contributed by atoms with E-state index in [1.54, 1.807) is 0 Å². The van der Waals surface area contributed by atoms with Crippen LogP contribution in [0.5, 0.6) is 5.75 Å². The molecule has 0 unspecified atom stereocenters. The van der Waals surface area contributed by atoms with Crippen LogP contribution in [0, 0.1) is 0 Å². The zero-order valence-corrected chi connectivity index (χ0v) is 12.7. The van der Waals surface area contributed by atoms with Crippen LogP contribution in [0.3, 0.4) is 0 Å². The lowest BCUT2D eigenvalue weighted by molar-refractivity contribution is 0.339. The number of halogens is 1. The van der Waals surface area contributed by atoms with Gasteiger partial charge in [-0.3, -0.25) is 0 Å². The molecule has 0 aliphatic carbocycles. The van der Waals surface area contributed by atoms with E-state index in [0.29, 0.717) is 6.61 Å². The maximum atomic E-state index is 6.21. The van der Waals surface area contributed by atoms with Crippen molar-refractivity contribution >= 4 is 11.6 Å². The largest absolute Gasteiger partial charge is 0.494 e. The molecular weight excluding hydrogens is 270 g/mol. The zero-order chi connectivity index (χ0) is 14.4. The Morgan fingerprint density at radius 1 is 1.15 bits per heavy atom. The van der Waals surface area contributed by atoms with Crippen molar-refractivity contribution in [2.45, 2.75) is 26.4 Å². The Morgan fingerprint density at radius 3 is 2.70 bits per heavy atom. The molecule has 106 valence electrons. The van der Waals surface area contributed by atoms with Crippen LogP contribution in [0.2, 0.25) is 5.02 Å². The van der Waals surface area contributed by atoms with Crippen LogP contribution in [0.15, 0.2) is 48.5 Å². The third-order valence-electron chi connectivity index (χ3n) is 3.19. The molecule has 1 N–H and O–H groups in total. The van der Waals surface area contributed by atoms with E-state index in [4.69, 9.17) is 16.3 Å². The molecule has 2 rings (SSSR count). The fourth-order valence-corrected chi connectivity index (χ4v) is 2.42. The van der Waals surface area contributed by atoms with E-state index in [0.717, 1.165) is 22.9 Å². The SMILES string of the molecule is CCOc1cccc(CN[C@@H](C)c2ccccc2Cl)c1. The molecule has 3 heteroatoms. The first-order chi connectivity index (χ1) is 9.70. The smallest absolute Gasteiger partial charge is 0.119 e. The molecule has 2 aromatic rings. The van der Waals surface area contributed by atoms with Gasteiger partial charge in [0.25, 0.3) is 0 Å². The van der Waals surface area contributed by atoms with Crippen LogP contribution >= 0.6 is 11.6 Å². The molecule has 1 atom stereocenters. The fraction of sp³-hybridized carbons (Fsp3) is 0.294. The average molecular weight is 290 g/mol. The first-order valence-corrected chi connectivity index (χ1v) is 7.28. The van der Waals surface area contributed by atoms with Crippen molar-refractivity contribution in [1.29, 1.82) is 0 Å². The van der Waals surface area contributed by atoms with Gasteiger partial charge in [0.15, 0.2) is 0 Å². The lowest BCUT2D eigenvalue weighted by Gasteiger charge is -2.16. The van der Waals surface area contributed by atoms with Crippen LogP contribution < -0.4 is 10.1 Å². The summed E-state index contributed by atoms with van der Waals surface area (Å²) in [4.78, 5) is 0. The lowest BCUT2D eigenvalue weighted by atomic mass is 10.1. The number of hydrogen-bond donors (Lipinski definition) is 1. The van der Waals surface area contributed by atoms with Crippen LogP contribution in [0.1, 0.15) is 31.0 Å². The van der Waals surface area contributed by atoms with E-state index in [1.165, 1.54) is 5.56 Å². The molecule has 0 aromatic heterocycles. The first kappa shape index (κ1) is 14.9. The molecule has 0 bridgehead atoms. The van der Waals surface area contributed by atoms with Gasteiger partial charge < -0.3 is 10.1 Å². The molecule has 0 saturated carbocycles. The summed E-state index contributed by atoms with van der Waals surface area (Å²) in [5, 5.41) is 4.29. The van der Waals surface area contributed by atoms with Crippen LogP contribution in [-0.2, 0) is 6.54 Å². The highest BCUT2D eigenvalue weighted by molar-refractivity contribution is 6.31. The fourth-order valence-electron chi connectivity index (χ4n) is 2.12. The minimum Gasteiger partial charge on any atom is -0.494 e. The van der Waals surface area contributed by atoms with Crippen molar-refractivity contribution in [1.82, 2.24) is 5.32 Å². The maximum absolute atomic E-state index is 6.21. The van der Waals surface area contributed by atoms with Crippen LogP contribution in [0.25, 0.3) is 0 Å². The van der Waals surface area contributed by atoms with Gasteiger partial charge in [0.2, 0.25) is 0 Å². The maximum Gasteiger partial charge on any atom is 0.119 e. The van der Waals surface area contributed by atoms with E-state index < -0.39 is 0 Å². The van der Waals surface area contributed by atoms with Crippen molar-refractivity contribution in [2.75, 3.05) is 6.61 Å². The van der Waals surface area contributed by atoms with Gasteiger partial charge in [-0.25, -0.2) is 0 Å². The summed E-state index contributed by atoms with van der Waals surface area (Å²) in [5.74, 6) is 0.914. The topological polar surface area (TPSA) is 21.3 Å². The number of benzene rings is 2. The summed E-state index contributed by atoms with van der Waals surface area (Å²) in [5.41, 5.74) is 2.32. The molecule has 2 aromatic carbocycles. The Morgan fingerprint density at radius 2 is 1.95 bits per heavy atom. The molecule has 0 saturated heterocycles. The van der Waals surface area contributed by atoms with Gasteiger partial charge >= 0.3 is 0 Å². The van der Waals surface area contributed by atoms with Gasteiger partial charge in [-0.1, -0.05) is 41.9 Å². The van der Waals surface area contributed by atoms with E-state index in [2.05, 4.69) is 30.4 Å². The standard InChI is InChI=1S/C17H20ClNO/c1-3-20-15-8-6-7-14(11-15)12-19-13(2)16-9-4-5-10-17(16)18/h4-11,13,19H,3,12H2,1-2H3/t13-/m0/s1. The van der Waals surface area contributed by atoms with Crippen molar-refractivity contribution in [3.8, 4) is 5.75 Å². The lowest BCUT2D eigenvalue weighted by Crippen LogP contribution is -2.18. The molecule has 0 aliphatic heterocycles. The van der Waals surface area contributed by atoms with Gasteiger partial charge in [-0.2, -0.15) is 0 Å². The second kappa shape index (κ2) is 7.32. The molecule has 0 fully saturated rings. The van der Waals surface area contributed by atoms with Gasteiger partial charge in [0.1, 0.15) is 5.75 Å². The Bertz CT molecular complexity index is 556. The predicted octanol–water partition coefficient (Wildman–Crippen LogP) is 4.59. The third kappa shape index (κ3) is 3.99. The summed E-state index contributed by atoms with van der Waals surface area (Å²) in [6.45, 7) is 5.58. The summed E-state index contributed by atoms with van der Waals surface area (Å²) < 4.78 is 5.51. The van der Waals surface area contributed by atoms with Crippen molar-refractivity contribution in [2.24, 2.45) is 0 Å². The Balaban J connectivity index is 1.98. The third-order valence-corrected chi connectivity index (χ3v) is 3.54. The molecular formula is C17H20ClNO. The highest BCUT2D eigenvalue weighted by Gasteiger charge is 2.08. The number of ether oxygens (including phenoxy) is 1. The van der Waals surface area contributed by atoms with Gasteiger partial charge in [-0.15, -0.1) is 0 Å². The molecule has 0 amide bonds. The zero-order valence-electron chi connectivity index (χ0n) is 11.9. The summed E-state index contributed by atoms with van der Waals surface area (Å²) >= 11 is 6.21. The number of rotatable bonds is 6. The minimum atomic E-state index is 0.208.